The van der Waals surface area contributed by atoms with Gasteiger partial charge in [-0.15, -0.1) is 0 Å². The van der Waals surface area contributed by atoms with E-state index >= 15 is 0 Å². The van der Waals surface area contributed by atoms with Crippen LogP contribution in [0.1, 0.15) is 123 Å². The van der Waals surface area contributed by atoms with Crippen LogP contribution < -0.4 is 0 Å². The summed E-state index contributed by atoms with van der Waals surface area (Å²) in [6.07, 6.45) is 10.1. The molecule has 2 heterocycles. The molecule has 0 amide bonds. The maximum absolute atomic E-state index is 12.7. The first-order valence-electron chi connectivity index (χ1n) is 20.4. The second kappa shape index (κ2) is 29.7. The summed E-state index contributed by atoms with van der Waals surface area (Å²) in [5.41, 5.74) is 0. The van der Waals surface area contributed by atoms with Crippen LogP contribution in [0.5, 0.6) is 0 Å². The Bertz CT molecular complexity index is 996. The Morgan fingerprint density at radius 3 is 1.85 bits per heavy atom. The molecule has 7 N–H and O–H groups in total. The molecule has 0 aliphatic carbocycles. The van der Waals surface area contributed by atoms with Gasteiger partial charge in [0.1, 0.15) is 54.9 Å². The van der Waals surface area contributed by atoms with E-state index in [4.69, 9.17) is 28.4 Å². The van der Waals surface area contributed by atoms with Gasteiger partial charge in [-0.05, 0) is 38.5 Å². The predicted molar refractivity (Wildman–Crippen MR) is 201 cm³/mol. The zero-order valence-corrected chi connectivity index (χ0v) is 32.7. The van der Waals surface area contributed by atoms with Crippen molar-refractivity contribution >= 4 is 5.97 Å². The Hall–Kier alpha value is -1.53. The average Bonchev–Trinajstić information content (AvgIpc) is 3.17. The van der Waals surface area contributed by atoms with Crippen molar-refractivity contribution in [1.82, 2.24) is 0 Å². The summed E-state index contributed by atoms with van der Waals surface area (Å²) in [7, 11) is 0. The summed E-state index contributed by atoms with van der Waals surface area (Å²) >= 11 is 0. The number of ether oxygens (including phenoxy) is 6. The molecule has 11 atom stereocenters. The Balaban J connectivity index is 1.82. The second-order valence-corrected chi connectivity index (χ2v) is 14.5. The molecule has 316 valence electrons. The highest BCUT2D eigenvalue weighted by molar-refractivity contribution is 5.69. The standard InChI is InChI=1S/C40H72O14/c1-3-5-7-9-11-12-13-14-15-16-17-18-20-22-24-49-26-29(52-32(42)23-21-19-10-8-6-4-2)27-50-39-38(48)36(46)34(44)31(54-39)28-51-40-37(47)35(45)33(43)30(25-41)53-40/h7,9,12-13,29-31,33-41,43-48H,3-6,8,10-11,14-28H2,1-2H3/b9-7-,13-12-. The summed E-state index contributed by atoms with van der Waals surface area (Å²) in [5.74, 6) is -0.392. The van der Waals surface area contributed by atoms with Gasteiger partial charge < -0.3 is 64.2 Å². The van der Waals surface area contributed by atoms with Crippen molar-refractivity contribution in [3.05, 3.63) is 24.3 Å². The molecule has 2 aliphatic heterocycles. The molecule has 0 bridgehead atoms. The molecule has 0 radical (unpaired) electrons. The zero-order chi connectivity index (χ0) is 39.6. The van der Waals surface area contributed by atoms with Crippen molar-refractivity contribution in [2.75, 3.05) is 33.0 Å². The minimum atomic E-state index is -1.70. The summed E-state index contributed by atoms with van der Waals surface area (Å²) in [6, 6.07) is 0. The van der Waals surface area contributed by atoms with E-state index in [-0.39, 0.29) is 19.6 Å². The number of allylic oxidation sites excluding steroid dienone is 4. The van der Waals surface area contributed by atoms with Gasteiger partial charge in [0.2, 0.25) is 0 Å². The number of carbonyl (C=O) groups excluding carboxylic acids is 1. The van der Waals surface area contributed by atoms with Gasteiger partial charge in [0.15, 0.2) is 12.6 Å². The minimum Gasteiger partial charge on any atom is -0.457 e. The van der Waals surface area contributed by atoms with E-state index in [0.717, 1.165) is 77.0 Å². The van der Waals surface area contributed by atoms with E-state index in [1.165, 1.54) is 19.3 Å². The van der Waals surface area contributed by atoms with Gasteiger partial charge in [0.05, 0.1) is 26.4 Å². The highest BCUT2D eigenvalue weighted by atomic mass is 16.7. The molecule has 0 aromatic heterocycles. The van der Waals surface area contributed by atoms with Crippen molar-refractivity contribution < 1.29 is 69.0 Å². The Labute approximate surface area is 322 Å². The Morgan fingerprint density at radius 2 is 1.19 bits per heavy atom. The molecule has 14 nitrogen and oxygen atoms in total. The highest BCUT2D eigenvalue weighted by Gasteiger charge is 2.47. The summed E-state index contributed by atoms with van der Waals surface area (Å²) in [4.78, 5) is 12.7. The molecule has 2 rings (SSSR count). The van der Waals surface area contributed by atoms with Crippen LogP contribution in [0.4, 0.5) is 0 Å². The number of hydrogen-bond acceptors (Lipinski definition) is 14. The van der Waals surface area contributed by atoms with Crippen LogP contribution in [0.25, 0.3) is 0 Å². The van der Waals surface area contributed by atoms with Gasteiger partial charge in [-0.25, -0.2) is 0 Å². The third-order valence-corrected chi connectivity index (χ3v) is 9.69. The number of aliphatic hydroxyl groups excluding tert-OH is 7. The first-order valence-corrected chi connectivity index (χ1v) is 20.4. The van der Waals surface area contributed by atoms with Crippen LogP contribution in [0.15, 0.2) is 24.3 Å². The lowest BCUT2D eigenvalue weighted by molar-refractivity contribution is -0.332. The number of carbonyl (C=O) groups is 1. The monoisotopic (exact) mass is 776 g/mol. The van der Waals surface area contributed by atoms with Crippen molar-refractivity contribution in [1.29, 1.82) is 0 Å². The topological polar surface area (TPSA) is 214 Å². The maximum atomic E-state index is 12.7. The van der Waals surface area contributed by atoms with Gasteiger partial charge in [-0.1, -0.05) is 102 Å². The third kappa shape index (κ3) is 19.1. The van der Waals surface area contributed by atoms with Crippen molar-refractivity contribution in [2.45, 2.75) is 191 Å². The fourth-order valence-electron chi connectivity index (χ4n) is 6.26. The Kier molecular flexibility index (Phi) is 26.7. The number of hydrogen-bond donors (Lipinski definition) is 7. The van der Waals surface area contributed by atoms with Crippen LogP contribution >= 0.6 is 0 Å². The largest absolute Gasteiger partial charge is 0.457 e. The highest BCUT2D eigenvalue weighted by Crippen LogP contribution is 2.26. The first-order chi connectivity index (χ1) is 26.1. The zero-order valence-electron chi connectivity index (χ0n) is 32.7. The lowest BCUT2D eigenvalue weighted by Gasteiger charge is -2.42. The molecule has 0 aromatic carbocycles. The van der Waals surface area contributed by atoms with E-state index in [9.17, 15) is 40.5 Å². The molecule has 0 aromatic rings. The summed E-state index contributed by atoms with van der Waals surface area (Å²) in [6.45, 7) is 3.50. The molecule has 2 fully saturated rings. The van der Waals surface area contributed by atoms with Crippen molar-refractivity contribution in [3.8, 4) is 0 Å². The van der Waals surface area contributed by atoms with Crippen LogP contribution in [0.3, 0.4) is 0 Å². The van der Waals surface area contributed by atoms with Gasteiger partial charge in [0, 0.05) is 13.0 Å². The number of esters is 1. The fraction of sp³-hybridized carbons (Fsp3) is 0.875. The molecule has 0 saturated carbocycles. The van der Waals surface area contributed by atoms with Gasteiger partial charge >= 0.3 is 5.97 Å². The normalized spacial score (nSPS) is 29.6. The van der Waals surface area contributed by atoms with Gasteiger partial charge in [-0.2, -0.15) is 0 Å². The van der Waals surface area contributed by atoms with Crippen LogP contribution in [0, 0.1) is 0 Å². The van der Waals surface area contributed by atoms with E-state index in [0.29, 0.717) is 13.0 Å². The summed E-state index contributed by atoms with van der Waals surface area (Å²) in [5, 5.41) is 71.5. The van der Waals surface area contributed by atoms with Gasteiger partial charge in [0.25, 0.3) is 0 Å². The lowest BCUT2D eigenvalue weighted by atomic mass is 9.98. The van der Waals surface area contributed by atoms with E-state index in [1.54, 1.807) is 0 Å². The average molecular weight is 777 g/mol. The molecule has 2 aliphatic rings. The van der Waals surface area contributed by atoms with Crippen LogP contribution in [0.2, 0.25) is 0 Å². The molecule has 54 heavy (non-hydrogen) atoms. The molecule has 2 saturated heterocycles. The molecular weight excluding hydrogens is 704 g/mol. The van der Waals surface area contributed by atoms with E-state index < -0.39 is 86.7 Å². The fourth-order valence-corrected chi connectivity index (χ4v) is 6.26. The molecule has 11 unspecified atom stereocenters. The SMILES string of the molecule is CCC/C=C\C/C=C\CCCCCCCCOCC(COC1OC(COC2OC(CO)C(O)C(O)C2O)C(O)C(O)C1O)OC(=O)CCCCCCCC. The molecular formula is C40H72O14. The summed E-state index contributed by atoms with van der Waals surface area (Å²) < 4.78 is 33.9. The second-order valence-electron chi connectivity index (χ2n) is 14.5. The van der Waals surface area contributed by atoms with Crippen molar-refractivity contribution in [2.24, 2.45) is 0 Å². The van der Waals surface area contributed by atoms with E-state index in [2.05, 4.69) is 38.2 Å². The predicted octanol–water partition coefficient (Wildman–Crippen LogP) is 3.34. The lowest BCUT2D eigenvalue weighted by Crippen LogP contribution is -2.61. The molecule has 14 heteroatoms. The number of aliphatic hydroxyl groups is 7. The number of unbranched alkanes of at least 4 members (excludes halogenated alkanes) is 12. The smallest absolute Gasteiger partial charge is 0.306 e. The van der Waals surface area contributed by atoms with E-state index in [1.807, 2.05) is 0 Å². The van der Waals surface area contributed by atoms with Gasteiger partial charge in [-0.3, -0.25) is 4.79 Å². The molecule has 0 spiro atoms. The Morgan fingerprint density at radius 1 is 0.611 bits per heavy atom. The van der Waals surface area contributed by atoms with Crippen LogP contribution in [-0.4, -0.2) is 142 Å². The third-order valence-electron chi connectivity index (χ3n) is 9.69. The van der Waals surface area contributed by atoms with Crippen molar-refractivity contribution in [3.63, 3.8) is 0 Å². The minimum absolute atomic E-state index is 0.0554. The maximum Gasteiger partial charge on any atom is 0.306 e. The van der Waals surface area contributed by atoms with Crippen LogP contribution in [-0.2, 0) is 33.2 Å². The quantitative estimate of drug-likeness (QED) is 0.0317. The number of rotatable bonds is 30. The first kappa shape index (κ1) is 48.6.